The number of carbonyl (C=O) groups is 2. The van der Waals surface area contributed by atoms with Crippen molar-refractivity contribution in [1.82, 2.24) is 0 Å². The second kappa shape index (κ2) is 8.90. The van der Waals surface area contributed by atoms with E-state index in [1.54, 1.807) is 36.4 Å². The predicted molar refractivity (Wildman–Crippen MR) is 108 cm³/mol. The van der Waals surface area contributed by atoms with Gasteiger partial charge in [0.2, 0.25) is 0 Å². The summed E-state index contributed by atoms with van der Waals surface area (Å²) in [6.07, 6.45) is 1.44. The van der Waals surface area contributed by atoms with Crippen molar-refractivity contribution in [2.75, 3.05) is 17.2 Å². The Hall–Kier alpha value is -3.54. The fraction of sp³-hybridized carbons (Fsp3) is 0.182. The summed E-state index contributed by atoms with van der Waals surface area (Å²) >= 11 is 0. The van der Waals surface area contributed by atoms with Crippen molar-refractivity contribution in [2.24, 2.45) is 0 Å². The van der Waals surface area contributed by atoms with Gasteiger partial charge in [0.25, 0.3) is 11.8 Å². The lowest BCUT2D eigenvalue weighted by Crippen LogP contribution is -2.20. The van der Waals surface area contributed by atoms with E-state index >= 15 is 0 Å². The number of ether oxygens (including phenoxy) is 1. The Morgan fingerprint density at radius 3 is 2.43 bits per heavy atom. The van der Waals surface area contributed by atoms with Crippen LogP contribution in [0.1, 0.15) is 35.9 Å². The zero-order valence-electron chi connectivity index (χ0n) is 15.8. The second-order valence-electron chi connectivity index (χ2n) is 6.57. The molecule has 0 saturated heterocycles. The van der Waals surface area contributed by atoms with Crippen molar-refractivity contribution in [3.63, 3.8) is 0 Å². The smallest absolute Gasteiger partial charge is 0.291 e. The van der Waals surface area contributed by atoms with E-state index in [0.29, 0.717) is 17.4 Å². The number of carbonyl (C=O) groups excluding carboxylic acids is 2. The second-order valence-corrected chi connectivity index (χ2v) is 6.57. The molecular formula is C22H22N2O4. The van der Waals surface area contributed by atoms with Crippen LogP contribution >= 0.6 is 0 Å². The van der Waals surface area contributed by atoms with Gasteiger partial charge in [-0.2, -0.15) is 0 Å². The summed E-state index contributed by atoms with van der Waals surface area (Å²) < 4.78 is 10.6. The molecule has 6 heteroatoms. The summed E-state index contributed by atoms with van der Waals surface area (Å²) in [5.74, 6) is 0.582. The molecule has 28 heavy (non-hydrogen) atoms. The summed E-state index contributed by atoms with van der Waals surface area (Å²) in [6.45, 7) is 4.10. The minimum absolute atomic E-state index is 0.107. The molecule has 0 atom stereocenters. The van der Waals surface area contributed by atoms with Gasteiger partial charge in [-0.3, -0.25) is 9.59 Å². The normalized spacial score (nSPS) is 10.5. The van der Waals surface area contributed by atoms with Crippen molar-refractivity contribution >= 4 is 23.2 Å². The number of amides is 2. The Labute approximate surface area is 163 Å². The Balaban J connectivity index is 1.50. The molecule has 0 aliphatic rings. The van der Waals surface area contributed by atoms with Crippen LogP contribution in [0.5, 0.6) is 5.75 Å². The van der Waals surface area contributed by atoms with E-state index in [4.69, 9.17) is 9.15 Å². The Morgan fingerprint density at radius 2 is 1.75 bits per heavy atom. The molecule has 6 nitrogen and oxygen atoms in total. The average molecular weight is 378 g/mol. The number of anilines is 2. The van der Waals surface area contributed by atoms with Crippen molar-refractivity contribution in [1.29, 1.82) is 0 Å². The Kier molecular flexibility index (Phi) is 6.11. The lowest BCUT2D eigenvalue weighted by atomic mass is 10.0. The predicted octanol–water partition coefficient (Wildman–Crippen LogP) is 4.67. The van der Waals surface area contributed by atoms with Gasteiger partial charge in [-0.15, -0.1) is 0 Å². The third kappa shape index (κ3) is 5.23. The van der Waals surface area contributed by atoms with Gasteiger partial charge < -0.3 is 19.8 Å². The molecule has 0 fully saturated rings. The SMILES string of the molecule is CC(C)c1cccc(NC(=O)COc2ccc(NC(=O)c3ccco3)cc2)c1. The summed E-state index contributed by atoms with van der Waals surface area (Å²) in [6, 6.07) is 17.7. The maximum Gasteiger partial charge on any atom is 0.291 e. The zero-order chi connectivity index (χ0) is 19.9. The van der Waals surface area contributed by atoms with Gasteiger partial charge in [0.05, 0.1) is 6.26 Å². The molecule has 144 valence electrons. The fourth-order valence-electron chi connectivity index (χ4n) is 2.56. The van der Waals surface area contributed by atoms with Crippen LogP contribution in [0.25, 0.3) is 0 Å². The molecule has 0 aliphatic carbocycles. The molecule has 2 aromatic carbocycles. The molecule has 2 N–H and O–H groups in total. The molecule has 0 spiro atoms. The Morgan fingerprint density at radius 1 is 0.964 bits per heavy atom. The van der Waals surface area contributed by atoms with E-state index < -0.39 is 0 Å². The number of furan rings is 1. The van der Waals surface area contributed by atoms with Gasteiger partial charge in [0.15, 0.2) is 12.4 Å². The van der Waals surface area contributed by atoms with Crippen LogP contribution in [0.2, 0.25) is 0 Å². The summed E-state index contributed by atoms with van der Waals surface area (Å²) in [7, 11) is 0. The molecule has 1 heterocycles. The first-order valence-corrected chi connectivity index (χ1v) is 8.99. The Bertz CT molecular complexity index is 931. The van der Waals surface area contributed by atoms with E-state index in [0.717, 1.165) is 11.3 Å². The van der Waals surface area contributed by atoms with Gasteiger partial charge in [0.1, 0.15) is 5.75 Å². The lowest BCUT2D eigenvalue weighted by molar-refractivity contribution is -0.118. The highest BCUT2D eigenvalue weighted by atomic mass is 16.5. The molecular weight excluding hydrogens is 356 g/mol. The number of rotatable bonds is 7. The number of nitrogens with one attached hydrogen (secondary N) is 2. The summed E-state index contributed by atoms with van der Waals surface area (Å²) in [4.78, 5) is 24.0. The van der Waals surface area contributed by atoms with Crippen molar-refractivity contribution < 1.29 is 18.7 Å². The van der Waals surface area contributed by atoms with E-state index in [9.17, 15) is 9.59 Å². The zero-order valence-corrected chi connectivity index (χ0v) is 15.8. The van der Waals surface area contributed by atoms with Crippen LogP contribution in [0, 0.1) is 0 Å². The van der Waals surface area contributed by atoms with E-state index in [2.05, 4.69) is 24.5 Å². The first kappa shape index (κ1) is 19.2. The lowest BCUT2D eigenvalue weighted by Gasteiger charge is -2.11. The van der Waals surface area contributed by atoms with Gasteiger partial charge in [-0.1, -0.05) is 26.0 Å². The van der Waals surface area contributed by atoms with Crippen molar-refractivity contribution in [3.8, 4) is 5.75 Å². The van der Waals surface area contributed by atoms with Crippen LogP contribution in [-0.2, 0) is 4.79 Å². The molecule has 0 saturated carbocycles. The highest BCUT2D eigenvalue weighted by Crippen LogP contribution is 2.19. The number of hydrogen-bond donors (Lipinski definition) is 2. The standard InChI is InChI=1S/C22H22N2O4/c1-15(2)16-5-3-6-18(13-16)23-21(25)14-28-19-10-8-17(9-11-19)24-22(26)20-7-4-12-27-20/h3-13,15H,14H2,1-2H3,(H,23,25)(H,24,26). The van der Waals surface area contributed by atoms with Crippen LogP contribution in [0.15, 0.2) is 71.3 Å². The van der Waals surface area contributed by atoms with Crippen LogP contribution in [0.3, 0.4) is 0 Å². The third-order valence-corrected chi connectivity index (χ3v) is 4.06. The monoisotopic (exact) mass is 378 g/mol. The molecule has 2 amide bonds. The highest BCUT2D eigenvalue weighted by Gasteiger charge is 2.09. The van der Waals surface area contributed by atoms with Crippen molar-refractivity contribution in [3.05, 3.63) is 78.3 Å². The number of benzene rings is 2. The molecule has 0 unspecified atom stereocenters. The van der Waals surface area contributed by atoms with Crippen LogP contribution in [-0.4, -0.2) is 18.4 Å². The summed E-state index contributed by atoms with van der Waals surface area (Å²) in [5, 5.41) is 5.55. The van der Waals surface area contributed by atoms with Crippen LogP contribution < -0.4 is 15.4 Å². The minimum atomic E-state index is -0.332. The third-order valence-electron chi connectivity index (χ3n) is 4.06. The summed E-state index contributed by atoms with van der Waals surface area (Å²) in [5.41, 5.74) is 2.50. The van der Waals surface area contributed by atoms with Gasteiger partial charge in [-0.25, -0.2) is 0 Å². The molecule has 3 rings (SSSR count). The van der Waals surface area contributed by atoms with Crippen molar-refractivity contribution in [2.45, 2.75) is 19.8 Å². The molecule has 1 aromatic heterocycles. The topological polar surface area (TPSA) is 80.6 Å². The molecule has 0 bridgehead atoms. The van der Waals surface area contributed by atoms with E-state index in [1.165, 1.54) is 6.26 Å². The number of hydrogen-bond acceptors (Lipinski definition) is 4. The van der Waals surface area contributed by atoms with E-state index in [-0.39, 0.29) is 24.2 Å². The maximum absolute atomic E-state index is 12.1. The van der Waals surface area contributed by atoms with Crippen LogP contribution in [0.4, 0.5) is 11.4 Å². The maximum atomic E-state index is 12.1. The highest BCUT2D eigenvalue weighted by molar-refractivity contribution is 6.02. The minimum Gasteiger partial charge on any atom is -0.484 e. The largest absolute Gasteiger partial charge is 0.484 e. The average Bonchev–Trinajstić information content (AvgIpc) is 3.23. The molecule has 0 aliphatic heterocycles. The van der Waals surface area contributed by atoms with Gasteiger partial charge in [0, 0.05) is 11.4 Å². The van der Waals surface area contributed by atoms with Gasteiger partial charge >= 0.3 is 0 Å². The van der Waals surface area contributed by atoms with Gasteiger partial charge in [-0.05, 0) is 60.0 Å². The van der Waals surface area contributed by atoms with E-state index in [1.807, 2.05) is 24.3 Å². The fourth-order valence-corrected chi connectivity index (χ4v) is 2.56. The first-order valence-electron chi connectivity index (χ1n) is 8.99. The molecule has 3 aromatic rings. The molecule has 0 radical (unpaired) electrons. The quantitative estimate of drug-likeness (QED) is 0.626. The first-order chi connectivity index (χ1) is 13.5.